The molecule has 0 saturated carbocycles. The van der Waals surface area contributed by atoms with Crippen molar-refractivity contribution in [3.8, 4) is 11.1 Å². The zero-order valence-electron chi connectivity index (χ0n) is 11.8. The Morgan fingerprint density at radius 3 is 2.47 bits per heavy atom. The van der Waals surface area contributed by atoms with Crippen LogP contribution in [-0.4, -0.2) is 25.0 Å². The van der Waals surface area contributed by atoms with Gasteiger partial charge in [-0.05, 0) is 55.6 Å². The van der Waals surface area contributed by atoms with Gasteiger partial charge in [-0.25, -0.2) is 0 Å². The average Bonchev–Trinajstić information content (AvgIpc) is 2.47. The van der Waals surface area contributed by atoms with Gasteiger partial charge in [-0.1, -0.05) is 48.5 Å². The van der Waals surface area contributed by atoms with Gasteiger partial charge in [0.15, 0.2) is 0 Å². The van der Waals surface area contributed by atoms with E-state index < -0.39 is 0 Å². The summed E-state index contributed by atoms with van der Waals surface area (Å²) in [4.78, 5) is 2.36. The molecule has 0 amide bonds. The molecule has 0 aromatic heterocycles. The molecule has 0 aliphatic heterocycles. The molecule has 3 rings (SSSR count). The van der Waals surface area contributed by atoms with E-state index in [9.17, 15) is 0 Å². The molecule has 0 fully saturated rings. The van der Waals surface area contributed by atoms with Crippen LogP contribution >= 0.6 is 0 Å². The summed E-state index contributed by atoms with van der Waals surface area (Å²) >= 11 is 0. The van der Waals surface area contributed by atoms with Crippen molar-refractivity contribution < 1.29 is 0 Å². The van der Waals surface area contributed by atoms with Gasteiger partial charge in [-0.3, -0.25) is 0 Å². The fraction of sp³-hybridized carbons (Fsp3) is 0.333. The molecular weight excluding hydrogens is 230 g/mol. The van der Waals surface area contributed by atoms with Crippen molar-refractivity contribution in [2.75, 3.05) is 14.1 Å². The molecule has 0 radical (unpaired) electrons. The third kappa shape index (κ3) is 2.43. The normalized spacial score (nSPS) is 18.4. The molecule has 2 aromatic carbocycles. The molecule has 0 bridgehead atoms. The number of hydrogen-bond donors (Lipinski definition) is 0. The summed E-state index contributed by atoms with van der Waals surface area (Å²) in [7, 11) is 4.38. The van der Waals surface area contributed by atoms with Crippen LogP contribution in [0.5, 0.6) is 0 Å². The summed E-state index contributed by atoms with van der Waals surface area (Å²) < 4.78 is 0. The first kappa shape index (κ1) is 12.4. The van der Waals surface area contributed by atoms with Crippen molar-refractivity contribution in [3.05, 3.63) is 59.7 Å². The second-order valence-corrected chi connectivity index (χ2v) is 5.67. The largest absolute Gasteiger partial charge is 0.306 e. The molecule has 1 nitrogen and oxygen atoms in total. The molecule has 1 atom stereocenters. The molecule has 0 heterocycles. The quantitative estimate of drug-likeness (QED) is 0.785. The lowest BCUT2D eigenvalue weighted by atomic mass is 9.83. The van der Waals surface area contributed by atoms with Gasteiger partial charge in [0.05, 0.1) is 0 Å². The summed E-state index contributed by atoms with van der Waals surface area (Å²) in [6.45, 7) is 0. The predicted molar refractivity (Wildman–Crippen MR) is 81.4 cm³/mol. The van der Waals surface area contributed by atoms with E-state index in [0.717, 1.165) is 0 Å². The van der Waals surface area contributed by atoms with Gasteiger partial charge >= 0.3 is 0 Å². The maximum atomic E-state index is 2.36. The summed E-state index contributed by atoms with van der Waals surface area (Å²) in [5.74, 6) is 0. The van der Waals surface area contributed by atoms with Crippen LogP contribution in [-0.2, 0) is 12.8 Å². The first-order valence-electron chi connectivity index (χ1n) is 7.08. The van der Waals surface area contributed by atoms with E-state index in [1.54, 1.807) is 5.56 Å². The molecule has 1 heteroatoms. The average molecular weight is 251 g/mol. The molecule has 1 unspecified atom stereocenters. The number of fused-ring (bicyclic) bond motifs is 1. The van der Waals surface area contributed by atoms with Gasteiger partial charge in [0.1, 0.15) is 0 Å². The molecule has 0 saturated heterocycles. The van der Waals surface area contributed by atoms with Crippen LogP contribution in [0.4, 0.5) is 0 Å². The van der Waals surface area contributed by atoms with Crippen molar-refractivity contribution in [1.82, 2.24) is 4.90 Å². The van der Waals surface area contributed by atoms with Crippen LogP contribution in [0.1, 0.15) is 17.5 Å². The number of hydrogen-bond acceptors (Lipinski definition) is 1. The standard InChI is InChI=1S/C18H21N/c1-19(2)16-11-12-18-15(13-16)9-6-10-17(18)14-7-4-3-5-8-14/h3-10,16H,11-13H2,1-2H3. The minimum absolute atomic E-state index is 0.693. The predicted octanol–water partition coefficient (Wildman–Crippen LogP) is 3.77. The Labute approximate surface area is 115 Å². The van der Waals surface area contributed by atoms with E-state index in [-0.39, 0.29) is 0 Å². The Kier molecular flexibility index (Phi) is 3.39. The second-order valence-electron chi connectivity index (χ2n) is 5.67. The van der Waals surface area contributed by atoms with Crippen LogP contribution in [0.3, 0.4) is 0 Å². The SMILES string of the molecule is CN(C)C1CCc2c(cccc2-c2ccccc2)C1. The Hall–Kier alpha value is -1.60. The lowest BCUT2D eigenvalue weighted by Crippen LogP contribution is -2.33. The monoisotopic (exact) mass is 251 g/mol. The van der Waals surface area contributed by atoms with Crippen molar-refractivity contribution in [1.29, 1.82) is 0 Å². The summed E-state index contributed by atoms with van der Waals surface area (Å²) in [6.07, 6.45) is 3.65. The van der Waals surface area contributed by atoms with E-state index in [2.05, 4.69) is 67.5 Å². The number of benzene rings is 2. The minimum Gasteiger partial charge on any atom is -0.306 e. The lowest BCUT2D eigenvalue weighted by Gasteiger charge is -2.31. The fourth-order valence-corrected chi connectivity index (χ4v) is 3.12. The third-order valence-corrected chi connectivity index (χ3v) is 4.27. The van der Waals surface area contributed by atoms with Crippen LogP contribution in [0.25, 0.3) is 11.1 Å². The van der Waals surface area contributed by atoms with Gasteiger partial charge in [-0.15, -0.1) is 0 Å². The molecule has 19 heavy (non-hydrogen) atoms. The summed E-state index contributed by atoms with van der Waals surface area (Å²) in [6, 6.07) is 18.2. The highest BCUT2D eigenvalue weighted by Gasteiger charge is 2.22. The van der Waals surface area contributed by atoms with Crippen LogP contribution in [0.15, 0.2) is 48.5 Å². The molecule has 98 valence electrons. The van der Waals surface area contributed by atoms with E-state index in [1.165, 1.54) is 36.0 Å². The first-order valence-corrected chi connectivity index (χ1v) is 7.08. The maximum Gasteiger partial charge on any atom is 0.0133 e. The van der Waals surface area contributed by atoms with E-state index in [4.69, 9.17) is 0 Å². The van der Waals surface area contributed by atoms with Crippen molar-refractivity contribution >= 4 is 0 Å². The van der Waals surface area contributed by atoms with Crippen molar-refractivity contribution in [2.24, 2.45) is 0 Å². The molecule has 1 aliphatic carbocycles. The molecule has 1 aliphatic rings. The lowest BCUT2D eigenvalue weighted by molar-refractivity contribution is 0.268. The Bertz CT molecular complexity index is 557. The number of rotatable bonds is 2. The summed E-state index contributed by atoms with van der Waals surface area (Å²) in [5, 5.41) is 0. The van der Waals surface area contributed by atoms with E-state index in [0.29, 0.717) is 6.04 Å². The topological polar surface area (TPSA) is 3.24 Å². The highest BCUT2D eigenvalue weighted by Crippen LogP contribution is 2.32. The number of likely N-dealkylation sites (N-methyl/N-ethyl adjacent to an activating group) is 1. The van der Waals surface area contributed by atoms with Crippen LogP contribution in [0.2, 0.25) is 0 Å². The van der Waals surface area contributed by atoms with Gasteiger partial charge in [0.2, 0.25) is 0 Å². The third-order valence-electron chi connectivity index (χ3n) is 4.27. The Morgan fingerprint density at radius 1 is 0.947 bits per heavy atom. The number of nitrogens with zero attached hydrogens (tertiary/aromatic N) is 1. The van der Waals surface area contributed by atoms with Gasteiger partial charge in [0, 0.05) is 6.04 Å². The van der Waals surface area contributed by atoms with Crippen LogP contribution in [0, 0.1) is 0 Å². The van der Waals surface area contributed by atoms with Crippen LogP contribution < -0.4 is 0 Å². The Morgan fingerprint density at radius 2 is 1.74 bits per heavy atom. The van der Waals surface area contributed by atoms with E-state index in [1.807, 2.05) is 0 Å². The smallest absolute Gasteiger partial charge is 0.0133 e. The zero-order valence-corrected chi connectivity index (χ0v) is 11.8. The minimum atomic E-state index is 0.693. The molecular formula is C18H21N. The van der Waals surface area contributed by atoms with E-state index >= 15 is 0 Å². The maximum absolute atomic E-state index is 2.36. The zero-order chi connectivity index (χ0) is 13.2. The van der Waals surface area contributed by atoms with Gasteiger partial charge in [0.25, 0.3) is 0 Å². The molecule has 0 spiro atoms. The first-order chi connectivity index (χ1) is 9.25. The Balaban J connectivity index is 2.00. The fourth-order valence-electron chi connectivity index (χ4n) is 3.12. The highest BCUT2D eigenvalue weighted by atomic mass is 15.1. The summed E-state index contributed by atoms with van der Waals surface area (Å²) in [5.41, 5.74) is 5.87. The molecule has 2 aromatic rings. The van der Waals surface area contributed by atoms with Crippen molar-refractivity contribution in [3.63, 3.8) is 0 Å². The van der Waals surface area contributed by atoms with Gasteiger partial charge < -0.3 is 4.90 Å². The second kappa shape index (κ2) is 5.18. The van der Waals surface area contributed by atoms with Crippen molar-refractivity contribution in [2.45, 2.75) is 25.3 Å². The molecule has 0 N–H and O–H groups in total. The highest BCUT2D eigenvalue weighted by molar-refractivity contribution is 5.69. The van der Waals surface area contributed by atoms with Gasteiger partial charge in [-0.2, -0.15) is 0 Å².